The SMILES string of the molecule is Cc1cc(Cl)c(C)c(Br)c1F. The van der Waals surface area contributed by atoms with Crippen LogP contribution in [0.2, 0.25) is 5.02 Å². The lowest BCUT2D eigenvalue weighted by molar-refractivity contribution is 0.610. The molecule has 0 fully saturated rings. The number of hydrogen-bond donors (Lipinski definition) is 0. The molecule has 0 spiro atoms. The Morgan fingerprint density at radius 1 is 1.45 bits per heavy atom. The van der Waals surface area contributed by atoms with E-state index in [1.54, 1.807) is 19.9 Å². The molecule has 0 nitrogen and oxygen atoms in total. The molecular weight excluding hydrogens is 230 g/mol. The molecule has 0 aliphatic heterocycles. The van der Waals surface area contributed by atoms with Gasteiger partial charge in [0.1, 0.15) is 5.82 Å². The molecule has 0 saturated heterocycles. The Hall–Kier alpha value is -0.0800. The molecule has 0 bridgehead atoms. The molecule has 0 aliphatic rings. The lowest BCUT2D eigenvalue weighted by Crippen LogP contribution is -1.88. The minimum absolute atomic E-state index is 0.230. The molecule has 0 unspecified atom stereocenters. The van der Waals surface area contributed by atoms with Crippen molar-refractivity contribution in [3.63, 3.8) is 0 Å². The molecule has 1 aromatic carbocycles. The van der Waals surface area contributed by atoms with Gasteiger partial charge in [-0.05, 0) is 47.0 Å². The molecule has 0 radical (unpaired) electrons. The van der Waals surface area contributed by atoms with Crippen molar-refractivity contribution in [3.05, 3.63) is 32.5 Å². The van der Waals surface area contributed by atoms with Crippen LogP contribution in [0.15, 0.2) is 10.5 Å². The summed E-state index contributed by atoms with van der Waals surface area (Å²) in [6.45, 7) is 3.46. The van der Waals surface area contributed by atoms with Gasteiger partial charge >= 0.3 is 0 Å². The van der Waals surface area contributed by atoms with Gasteiger partial charge in [-0.2, -0.15) is 0 Å². The molecule has 11 heavy (non-hydrogen) atoms. The second-order valence-electron chi connectivity index (χ2n) is 2.43. The van der Waals surface area contributed by atoms with E-state index in [1.165, 1.54) is 0 Å². The second-order valence-corrected chi connectivity index (χ2v) is 3.63. The normalized spacial score (nSPS) is 10.3. The maximum atomic E-state index is 13.1. The average Bonchev–Trinajstić information content (AvgIpc) is 1.97. The van der Waals surface area contributed by atoms with E-state index in [9.17, 15) is 4.39 Å². The van der Waals surface area contributed by atoms with Crippen LogP contribution >= 0.6 is 27.5 Å². The number of hydrogen-bond acceptors (Lipinski definition) is 0. The molecule has 60 valence electrons. The van der Waals surface area contributed by atoms with E-state index in [0.29, 0.717) is 15.1 Å². The molecule has 0 aromatic heterocycles. The zero-order valence-electron chi connectivity index (χ0n) is 6.21. The van der Waals surface area contributed by atoms with Crippen molar-refractivity contribution in [3.8, 4) is 0 Å². The van der Waals surface area contributed by atoms with Gasteiger partial charge in [0.15, 0.2) is 0 Å². The Bertz CT molecular complexity index is 270. The summed E-state index contributed by atoms with van der Waals surface area (Å²) in [4.78, 5) is 0. The zero-order valence-corrected chi connectivity index (χ0v) is 8.55. The van der Waals surface area contributed by atoms with Crippen molar-refractivity contribution in [2.75, 3.05) is 0 Å². The Morgan fingerprint density at radius 3 is 2.55 bits per heavy atom. The molecule has 0 heterocycles. The predicted molar refractivity (Wildman–Crippen MR) is 48.6 cm³/mol. The highest BCUT2D eigenvalue weighted by atomic mass is 79.9. The average molecular weight is 237 g/mol. The largest absolute Gasteiger partial charge is 0.205 e. The van der Waals surface area contributed by atoms with E-state index < -0.39 is 0 Å². The zero-order chi connectivity index (χ0) is 8.59. The smallest absolute Gasteiger partial charge is 0.140 e. The summed E-state index contributed by atoms with van der Waals surface area (Å²) >= 11 is 8.92. The van der Waals surface area contributed by atoms with E-state index in [0.717, 1.165) is 5.56 Å². The molecule has 3 heteroatoms. The summed E-state index contributed by atoms with van der Waals surface area (Å²) in [5.74, 6) is -0.230. The first-order chi connectivity index (χ1) is 5.04. The first-order valence-corrected chi connectivity index (χ1v) is 4.32. The van der Waals surface area contributed by atoms with Gasteiger partial charge in [0.2, 0.25) is 0 Å². The highest BCUT2D eigenvalue weighted by molar-refractivity contribution is 9.10. The molecular formula is C8H7BrClF. The van der Waals surface area contributed by atoms with E-state index in [2.05, 4.69) is 15.9 Å². The maximum absolute atomic E-state index is 13.1. The van der Waals surface area contributed by atoms with Gasteiger partial charge in [-0.15, -0.1) is 0 Å². The minimum atomic E-state index is -0.230. The molecule has 0 amide bonds. The van der Waals surface area contributed by atoms with Crippen LogP contribution in [0, 0.1) is 19.7 Å². The monoisotopic (exact) mass is 236 g/mol. The third-order valence-corrected chi connectivity index (χ3v) is 2.91. The van der Waals surface area contributed by atoms with Gasteiger partial charge in [0.25, 0.3) is 0 Å². The molecule has 0 saturated carbocycles. The van der Waals surface area contributed by atoms with Gasteiger partial charge in [-0.1, -0.05) is 11.6 Å². The molecule has 0 atom stereocenters. The standard InChI is InChI=1S/C8H7BrClF/c1-4-3-6(10)5(2)7(9)8(4)11/h3H,1-2H3. The van der Waals surface area contributed by atoms with Gasteiger partial charge < -0.3 is 0 Å². The summed E-state index contributed by atoms with van der Waals surface area (Å²) in [7, 11) is 0. The predicted octanol–water partition coefficient (Wildman–Crippen LogP) is 3.86. The van der Waals surface area contributed by atoms with Crippen molar-refractivity contribution in [1.82, 2.24) is 0 Å². The number of rotatable bonds is 0. The summed E-state index contributed by atoms with van der Waals surface area (Å²) in [5.41, 5.74) is 1.31. The fourth-order valence-electron chi connectivity index (χ4n) is 0.804. The molecule has 0 N–H and O–H groups in total. The number of benzene rings is 1. The van der Waals surface area contributed by atoms with Crippen LogP contribution < -0.4 is 0 Å². The van der Waals surface area contributed by atoms with Crippen LogP contribution in [-0.4, -0.2) is 0 Å². The molecule has 1 rings (SSSR count). The Labute approximate surface area is 78.5 Å². The third-order valence-electron chi connectivity index (χ3n) is 1.57. The van der Waals surface area contributed by atoms with Crippen molar-refractivity contribution in [2.24, 2.45) is 0 Å². The number of halogens is 3. The van der Waals surface area contributed by atoms with E-state index in [-0.39, 0.29) is 5.82 Å². The van der Waals surface area contributed by atoms with E-state index in [1.807, 2.05) is 0 Å². The van der Waals surface area contributed by atoms with E-state index in [4.69, 9.17) is 11.6 Å². The van der Waals surface area contributed by atoms with Crippen LogP contribution in [-0.2, 0) is 0 Å². The van der Waals surface area contributed by atoms with Crippen LogP contribution in [0.5, 0.6) is 0 Å². The van der Waals surface area contributed by atoms with Gasteiger partial charge in [-0.25, -0.2) is 4.39 Å². The highest BCUT2D eigenvalue weighted by Crippen LogP contribution is 2.28. The summed E-state index contributed by atoms with van der Waals surface area (Å²) in [5, 5.41) is 0.593. The van der Waals surface area contributed by atoms with Crippen molar-refractivity contribution in [2.45, 2.75) is 13.8 Å². The Balaban J connectivity index is 3.46. The quantitative estimate of drug-likeness (QED) is 0.601. The van der Waals surface area contributed by atoms with Crippen LogP contribution in [0.1, 0.15) is 11.1 Å². The van der Waals surface area contributed by atoms with Crippen LogP contribution in [0.25, 0.3) is 0 Å². The molecule has 1 aromatic rings. The number of aryl methyl sites for hydroxylation is 1. The second kappa shape index (κ2) is 3.11. The Kier molecular flexibility index (Phi) is 2.55. The van der Waals surface area contributed by atoms with Gasteiger partial charge in [0, 0.05) is 5.02 Å². The minimum Gasteiger partial charge on any atom is -0.205 e. The first kappa shape index (κ1) is 9.01. The van der Waals surface area contributed by atoms with Crippen molar-refractivity contribution in [1.29, 1.82) is 0 Å². The van der Waals surface area contributed by atoms with Crippen LogP contribution in [0.3, 0.4) is 0 Å². The maximum Gasteiger partial charge on any atom is 0.140 e. The van der Waals surface area contributed by atoms with Gasteiger partial charge in [-0.3, -0.25) is 0 Å². The van der Waals surface area contributed by atoms with Crippen molar-refractivity contribution < 1.29 is 4.39 Å². The fourth-order valence-corrected chi connectivity index (χ4v) is 1.70. The fraction of sp³-hybridized carbons (Fsp3) is 0.250. The third kappa shape index (κ3) is 1.57. The summed E-state index contributed by atoms with van der Waals surface area (Å²) < 4.78 is 13.5. The highest BCUT2D eigenvalue weighted by Gasteiger charge is 2.08. The molecule has 0 aliphatic carbocycles. The van der Waals surface area contributed by atoms with Crippen molar-refractivity contribution >= 4 is 27.5 Å². The van der Waals surface area contributed by atoms with Crippen LogP contribution in [0.4, 0.5) is 4.39 Å². The summed E-state index contributed by atoms with van der Waals surface area (Å²) in [6, 6.07) is 1.62. The lowest BCUT2D eigenvalue weighted by atomic mass is 10.1. The lowest BCUT2D eigenvalue weighted by Gasteiger charge is -2.04. The Morgan fingerprint density at radius 2 is 2.00 bits per heavy atom. The summed E-state index contributed by atoms with van der Waals surface area (Å²) in [6.07, 6.45) is 0. The topological polar surface area (TPSA) is 0 Å². The van der Waals surface area contributed by atoms with Gasteiger partial charge in [0.05, 0.1) is 4.47 Å². The van der Waals surface area contributed by atoms with E-state index >= 15 is 0 Å². The first-order valence-electron chi connectivity index (χ1n) is 3.14.